The molecule has 50 heavy (non-hydrogen) atoms. The van der Waals surface area contributed by atoms with Crippen molar-refractivity contribution in [1.82, 2.24) is 26.6 Å². The van der Waals surface area contributed by atoms with Crippen molar-refractivity contribution in [3.63, 3.8) is 0 Å². The molecule has 4 aliphatic carbocycles. The number of nitrogens with zero attached hydrogens (tertiary/aromatic N) is 1. The highest BCUT2D eigenvalue weighted by Crippen LogP contribution is 2.61. The van der Waals surface area contributed by atoms with Crippen molar-refractivity contribution in [3.05, 3.63) is 47.5 Å². The molecule has 14 nitrogen and oxygen atoms in total. The van der Waals surface area contributed by atoms with Crippen LogP contribution in [0.1, 0.15) is 76.7 Å². The molecule has 4 bridgehead atoms. The molecule has 1 aromatic carbocycles. The highest BCUT2D eigenvalue weighted by atomic mass is 16.2. The molecule has 0 spiro atoms. The average Bonchev–Trinajstić information content (AvgIpc) is 3.05. The highest BCUT2D eigenvalue weighted by molar-refractivity contribution is 5.96. The Balaban J connectivity index is 1.40. The lowest BCUT2D eigenvalue weighted by atomic mass is 9.48. The number of urea groups is 1. The summed E-state index contributed by atoms with van der Waals surface area (Å²) in [7, 11) is 0. The zero-order chi connectivity index (χ0) is 35.8. The third-order valence-electron chi connectivity index (χ3n) is 10.8. The van der Waals surface area contributed by atoms with Gasteiger partial charge in [-0.25, -0.2) is 4.79 Å². The number of nitrogens with two attached hydrogens (primary N) is 3. The number of nitrogens with one attached hydrogen (secondary N) is 5. The third-order valence-corrected chi connectivity index (χ3v) is 10.8. The Labute approximate surface area is 293 Å². The molecule has 11 N–H and O–H groups in total. The summed E-state index contributed by atoms with van der Waals surface area (Å²) in [5.74, 6) is -0.541. The predicted molar refractivity (Wildman–Crippen MR) is 189 cm³/mol. The first-order valence-electron chi connectivity index (χ1n) is 17.9. The summed E-state index contributed by atoms with van der Waals surface area (Å²) in [6.07, 6.45) is 9.94. The van der Waals surface area contributed by atoms with Crippen LogP contribution in [0.15, 0.2) is 47.0 Å². The summed E-state index contributed by atoms with van der Waals surface area (Å²) in [6, 6.07) is 4.74. The second-order valence-electron chi connectivity index (χ2n) is 14.9. The second-order valence-corrected chi connectivity index (χ2v) is 14.9. The molecule has 4 fully saturated rings. The van der Waals surface area contributed by atoms with Gasteiger partial charge in [-0.3, -0.25) is 29.5 Å². The summed E-state index contributed by atoms with van der Waals surface area (Å²) >= 11 is 0. The van der Waals surface area contributed by atoms with Crippen LogP contribution in [0.5, 0.6) is 0 Å². The Morgan fingerprint density at radius 2 is 1.66 bits per heavy atom. The first-order valence-corrected chi connectivity index (χ1v) is 17.9. The summed E-state index contributed by atoms with van der Waals surface area (Å²) in [5.41, 5.74) is 19.2. The monoisotopic (exact) mass is 691 g/mol. The fourth-order valence-corrected chi connectivity index (χ4v) is 8.91. The van der Waals surface area contributed by atoms with E-state index in [2.05, 4.69) is 31.6 Å². The van der Waals surface area contributed by atoms with Crippen molar-refractivity contribution in [2.45, 2.75) is 102 Å². The van der Waals surface area contributed by atoms with Crippen LogP contribution in [-0.4, -0.2) is 72.9 Å². The van der Waals surface area contributed by atoms with Crippen LogP contribution >= 0.6 is 0 Å². The minimum atomic E-state index is -1.12. The Kier molecular flexibility index (Phi) is 12.1. The molecule has 1 aliphatic heterocycles. The first-order chi connectivity index (χ1) is 23.9. The molecule has 0 saturated heterocycles. The van der Waals surface area contributed by atoms with Gasteiger partial charge in [-0.2, -0.15) is 0 Å². The van der Waals surface area contributed by atoms with Gasteiger partial charge in [0.1, 0.15) is 18.1 Å². The van der Waals surface area contributed by atoms with Crippen LogP contribution < -0.4 is 43.8 Å². The van der Waals surface area contributed by atoms with E-state index in [1.807, 2.05) is 30.3 Å². The van der Waals surface area contributed by atoms with E-state index < -0.39 is 53.8 Å². The minimum Gasteiger partial charge on any atom is -0.370 e. The lowest BCUT2D eigenvalue weighted by Gasteiger charge is -2.57. The van der Waals surface area contributed by atoms with Gasteiger partial charge in [0, 0.05) is 13.1 Å². The van der Waals surface area contributed by atoms with Crippen LogP contribution in [0.25, 0.3) is 0 Å². The van der Waals surface area contributed by atoms with Gasteiger partial charge in [0.05, 0.1) is 6.04 Å². The molecule has 4 atom stereocenters. The van der Waals surface area contributed by atoms with Crippen molar-refractivity contribution in [2.24, 2.45) is 45.4 Å². The third kappa shape index (κ3) is 9.83. The SMILES string of the molecule is C/C1=C\CCNC(=O)NC(N)=NCCC[C@@H](NC(=O)[C@@H](N)Cc2ccccc2)C(=O)N[C@@H](CC23CC4CC(CC(C4)C2)C3)C(=O)N[C@@H]1C(N)=O. The van der Waals surface area contributed by atoms with Gasteiger partial charge in [0.15, 0.2) is 5.96 Å². The maximum atomic E-state index is 14.1. The van der Waals surface area contributed by atoms with E-state index in [1.165, 1.54) is 19.3 Å². The van der Waals surface area contributed by atoms with Crippen molar-refractivity contribution in [1.29, 1.82) is 0 Å². The van der Waals surface area contributed by atoms with E-state index in [-0.39, 0.29) is 37.3 Å². The van der Waals surface area contributed by atoms with Crippen LogP contribution in [0.4, 0.5) is 4.79 Å². The number of carbonyl (C=O) groups is 5. The molecule has 1 heterocycles. The molecule has 14 heteroatoms. The average molecular weight is 692 g/mol. The van der Waals surface area contributed by atoms with E-state index in [0.29, 0.717) is 42.6 Å². The Morgan fingerprint density at radius 1 is 1.00 bits per heavy atom. The first kappa shape index (κ1) is 36.8. The number of aliphatic imine (C=N–C) groups is 1. The molecular formula is C36H53N9O5. The second kappa shape index (κ2) is 16.5. The van der Waals surface area contributed by atoms with Crippen LogP contribution in [0, 0.1) is 23.2 Å². The van der Waals surface area contributed by atoms with Crippen molar-refractivity contribution in [2.75, 3.05) is 13.1 Å². The van der Waals surface area contributed by atoms with Crippen LogP contribution in [0.2, 0.25) is 0 Å². The number of primary amides is 1. The van der Waals surface area contributed by atoms with Gasteiger partial charge in [-0.05, 0) is 112 Å². The summed E-state index contributed by atoms with van der Waals surface area (Å²) in [6.45, 7) is 2.08. The predicted octanol–water partition coefficient (Wildman–Crippen LogP) is 0.847. The number of hydrogen-bond donors (Lipinski definition) is 8. The molecule has 4 saturated carbocycles. The molecule has 0 aromatic heterocycles. The summed E-state index contributed by atoms with van der Waals surface area (Å²) in [5, 5.41) is 13.7. The van der Waals surface area contributed by atoms with Gasteiger partial charge in [-0.15, -0.1) is 0 Å². The van der Waals surface area contributed by atoms with Gasteiger partial charge in [0.25, 0.3) is 0 Å². The molecule has 1 aromatic rings. The Hall–Kier alpha value is -4.46. The Morgan fingerprint density at radius 3 is 2.30 bits per heavy atom. The van der Waals surface area contributed by atoms with E-state index in [9.17, 15) is 24.0 Å². The number of benzene rings is 1. The number of amides is 6. The van der Waals surface area contributed by atoms with Gasteiger partial charge < -0.3 is 38.5 Å². The molecule has 5 aliphatic rings. The van der Waals surface area contributed by atoms with Crippen molar-refractivity contribution in [3.8, 4) is 0 Å². The fourth-order valence-electron chi connectivity index (χ4n) is 8.91. The van der Waals surface area contributed by atoms with E-state index in [0.717, 1.165) is 24.8 Å². The van der Waals surface area contributed by atoms with E-state index in [1.54, 1.807) is 13.0 Å². The number of carbonyl (C=O) groups excluding carboxylic acids is 5. The summed E-state index contributed by atoms with van der Waals surface area (Å²) in [4.78, 5) is 70.7. The lowest BCUT2D eigenvalue weighted by Crippen LogP contribution is -2.59. The maximum Gasteiger partial charge on any atom is 0.321 e. The van der Waals surface area contributed by atoms with Crippen molar-refractivity contribution >= 4 is 35.6 Å². The number of hydrogen-bond acceptors (Lipinski definition) is 8. The molecular weight excluding hydrogens is 638 g/mol. The van der Waals surface area contributed by atoms with Gasteiger partial charge in [0.2, 0.25) is 23.6 Å². The normalized spacial score (nSPS) is 32.6. The summed E-state index contributed by atoms with van der Waals surface area (Å²) < 4.78 is 0. The number of guanidine groups is 1. The Bertz CT molecular complexity index is 1440. The zero-order valence-electron chi connectivity index (χ0n) is 28.9. The molecule has 6 rings (SSSR count). The van der Waals surface area contributed by atoms with E-state index in [4.69, 9.17) is 17.2 Å². The number of rotatable bonds is 7. The molecule has 272 valence electrons. The highest BCUT2D eigenvalue weighted by Gasteiger charge is 2.52. The maximum absolute atomic E-state index is 14.1. The van der Waals surface area contributed by atoms with Crippen LogP contribution in [-0.2, 0) is 25.6 Å². The van der Waals surface area contributed by atoms with E-state index >= 15 is 0 Å². The van der Waals surface area contributed by atoms with Gasteiger partial charge >= 0.3 is 6.03 Å². The molecule has 0 unspecified atom stereocenters. The fraction of sp³-hybridized carbons (Fsp3) is 0.611. The standard InChI is InChI=1S/C36H53N9O5/c1-21-7-5-12-41-35(50)45-34(39)40-11-6-10-27(42-31(47)26(37)16-22-8-3-2-4-9-22)32(48)43-28(33(49)44-29(21)30(38)46)20-36-17-23-13-24(18-36)15-25(14-23)19-36/h2-4,7-9,23-29H,5-6,10-20,37H2,1H3,(H2,38,46)(H,42,47)(H,43,48)(H,44,49)(H4,39,40,41,45,50)/b21-7+/t23?,24?,25?,26-,27+,28-,29-,36?/m0/s1. The quantitative estimate of drug-likeness (QED) is 0.192. The lowest BCUT2D eigenvalue weighted by molar-refractivity contribution is -0.135. The molecule has 0 radical (unpaired) electrons. The topological polar surface area (TPSA) is 236 Å². The van der Waals surface area contributed by atoms with Gasteiger partial charge in [-0.1, -0.05) is 36.4 Å². The molecule has 6 amide bonds. The minimum absolute atomic E-state index is 0.0960. The largest absolute Gasteiger partial charge is 0.370 e. The van der Waals surface area contributed by atoms with Crippen molar-refractivity contribution < 1.29 is 24.0 Å². The van der Waals surface area contributed by atoms with Crippen LogP contribution in [0.3, 0.4) is 0 Å². The smallest absolute Gasteiger partial charge is 0.321 e. The zero-order valence-corrected chi connectivity index (χ0v) is 28.9.